The zero-order chi connectivity index (χ0) is 16.5. The molecule has 120 valence electrons. The van der Waals surface area contributed by atoms with Gasteiger partial charge in [-0.2, -0.15) is 13.2 Å². The molecule has 1 atom stereocenters. The van der Waals surface area contributed by atoms with Gasteiger partial charge in [0, 0.05) is 12.1 Å². The van der Waals surface area contributed by atoms with Crippen LogP contribution in [0.5, 0.6) is 0 Å². The largest absolute Gasteiger partial charge is 0.424 e. The van der Waals surface area contributed by atoms with Crippen LogP contribution in [-0.2, 0) is 4.74 Å². The quantitative estimate of drug-likeness (QED) is 0.459. The maximum Gasteiger partial charge on any atom is 0.424 e. The van der Waals surface area contributed by atoms with Gasteiger partial charge in [-0.15, -0.1) is 0 Å². The van der Waals surface area contributed by atoms with Crippen molar-refractivity contribution in [2.75, 3.05) is 6.61 Å². The van der Waals surface area contributed by atoms with E-state index in [2.05, 4.69) is 0 Å². The zero-order valence-corrected chi connectivity index (χ0v) is 12.2. The standard InChI is InChI=1S/C15H16F3NO3/c1-3-4-5-13(14(9-22-14)15(16,17)18)12-7-6-11(19(20)21)8-10(12)2/h5-8H,3-4,9H2,1-2H3/b13-5+. The molecule has 0 amide bonds. The topological polar surface area (TPSA) is 55.7 Å². The molecule has 0 spiro atoms. The van der Waals surface area contributed by atoms with Gasteiger partial charge >= 0.3 is 6.18 Å². The van der Waals surface area contributed by atoms with Gasteiger partial charge < -0.3 is 4.74 Å². The smallest absolute Gasteiger partial charge is 0.355 e. The van der Waals surface area contributed by atoms with E-state index in [1.807, 2.05) is 6.92 Å². The molecule has 0 saturated carbocycles. The van der Waals surface area contributed by atoms with Crippen LogP contribution in [0, 0.1) is 17.0 Å². The maximum absolute atomic E-state index is 13.3. The molecular weight excluding hydrogens is 299 g/mol. The summed E-state index contributed by atoms with van der Waals surface area (Å²) in [5, 5.41) is 10.8. The Bertz CT molecular complexity index is 619. The van der Waals surface area contributed by atoms with Gasteiger partial charge in [0.15, 0.2) is 0 Å². The van der Waals surface area contributed by atoms with Crippen molar-refractivity contribution in [2.45, 2.75) is 38.5 Å². The molecule has 0 bridgehead atoms. The minimum Gasteiger partial charge on any atom is -0.355 e. The van der Waals surface area contributed by atoms with E-state index in [1.165, 1.54) is 24.3 Å². The van der Waals surface area contributed by atoms with Crippen molar-refractivity contribution in [3.05, 3.63) is 45.5 Å². The molecule has 1 heterocycles. The van der Waals surface area contributed by atoms with E-state index in [0.29, 0.717) is 24.0 Å². The first-order valence-electron chi connectivity index (χ1n) is 6.89. The van der Waals surface area contributed by atoms with Gasteiger partial charge in [0.2, 0.25) is 5.60 Å². The summed E-state index contributed by atoms with van der Waals surface area (Å²) in [4.78, 5) is 10.2. The number of hydrogen-bond donors (Lipinski definition) is 0. The van der Waals surface area contributed by atoms with E-state index >= 15 is 0 Å². The molecule has 1 saturated heterocycles. The highest BCUT2D eigenvalue weighted by Gasteiger charge is 2.68. The normalized spacial score (nSPS) is 21.8. The monoisotopic (exact) mass is 315 g/mol. The van der Waals surface area contributed by atoms with Crippen molar-refractivity contribution >= 4 is 11.3 Å². The number of ether oxygens (including phenoxy) is 1. The second kappa shape index (κ2) is 5.72. The summed E-state index contributed by atoms with van der Waals surface area (Å²) < 4.78 is 44.8. The van der Waals surface area contributed by atoms with E-state index in [0.717, 1.165) is 0 Å². The minimum absolute atomic E-state index is 0.0502. The summed E-state index contributed by atoms with van der Waals surface area (Å²) in [6, 6.07) is 3.86. The van der Waals surface area contributed by atoms with Crippen LogP contribution in [0.15, 0.2) is 24.3 Å². The van der Waals surface area contributed by atoms with Gasteiger partial charge in [0.25, 0.3) is 5.69 Å². The average Bonchev–Trinajstić information content (AvgIpc) is 3.21. The van der Waals surface area contributed by atoms with E-state index in [4.69, 9.17) is 4.74 Å². The van der Waals surface area contributed by atoms with Crippen LogP contribution < -0.4 is 0 Å². The predicted octanol–water partition coefficient (Wildman–Crippen LogP) is 4.42. The number of hydrogen-bond acceptors (Lipinski definition) is 3. The Labute approximate surface area is 125 Å². The van der Waals surface area contributed by atoms with Crippen LogP contribution in [0.1, 0.15) is 30.9 Å². The summed E-state index contributed by atoms with van der Waals surface area (Å²) in [7, 11) is 0. The number of non-ortho nitro benzene ring substituents is 1. The Morgan fingerprint density at radius 1 is 1.50 bits per heavy atom. The first-order valence-corrected chi connectivity index (χ1v) is 6.89. The van der Waals surface area contributed by atoms with Gasteiger partial charge in [0.05, 0.1) is 11.5 Å². The molecule has 1 fully saturated rings. The molecule has 1 unspecified atom stereocenters. The molecule has 1 aromatic rings. The first-order chi connectivity index (χ1) is 10.2. The number of alkyl halides is 3. The second-order valence-electron chi connectivity index (χ2n) is 5.28. The fourth-order valence-electron chi connectivity index (χ4n) is 2.39. The molecule has 1 aliphatic rings. The van der Waals surface area contributed by atoms with Crippen molar-refractivity contribution in [2.24, 2.45) is 0 Å². The van der Waals surface area contributed by atoms with Gasteiger partial charge in [-0.05, 0) is 36.1 Å². The molecule has 22 heavy (non-hydrogen) atoms. The third kappa shape index (κ3) is 2.85. The van der Waals surface area contributed by atoms with Crippen LogP contribution in [0.2, 0.25) is 0 Å². The van der Waals surface area contributed by atoms with E-state index in [1.54, 1.807) is 6.92 Å². The van der Waals surface area contributed by atoms with Gasteiger partial charge in [-0.25, -0.2) is 0 Å². The van der Waals surface area contributed by atoms with Crippen molar-refractivity contribution in [1.29, 1.82) is 0 Å². The summed E-state index contributed by atoms with van der Waals surface area (Å²) in [5.41, 5.74) is -1.60. The Hall–Kier alpha value is -1.89. The van der Waals surface area contributed by atoms with Crippen LogP contribution in [0.3, 0.4) is 0 Å². The number of nitro groups is 1. The van der Waals surface area contributed by atoms with Gasteiger partial charge in [0.1, 0.15) is 0 Å². The zero-order valence-electron chi connectivity index (χ0n) is 12.2. The summed E-state index contributed by atoms with van der Waals surface area (Å²) in [6.07, 6.45) is -1.81. The average molecular weight is 315 g/mol. The lowest BCUT2D eigenvalue weighted by molar-refractivity contribution is -0.384. The predicted molar refractivity (Wildman–Crippen MR) is 75.5 cm³/mol. The Balaban J connectivity index is 2.51. The number of aryl methyl sites for hydroxylation is 1. The molecule has 1 aromatic carbocycles. The molecule has 0 N–H and O–H groups in total. The van der Waals surface area contributed by atoms with Gasteiger partial charge in [-0.1, -0.05) is 19.4 Å². The van der Waals surface area contributed by atoms with Crippen molar-refractivity contribution in [3.8, 4) is 0 Å². The number of halogens is 3. The highest BCUT2D eigenvalue weighted by atomic mass is 19.4. The Morgan fingerprint density at radius 2 is 2.14 bits per heavy atom. The Kier molecular flexibility index (Phi) is 4.28. The van der Waals surface area contributed by atoms with Crippen LogP contribution >= 0.6 is 0 Å². The highest BCUT2D eigenvalue weighted by Crippen LogP contribution is 2.53. The van der Waals surface area contributed by atoms with Crippen LogP contribution in [-0.4, -0.2) is 23.3 Å². The lowest BCUT2D eigenvalue weighted by atomic mass is 9.88. The van der Waals surface area contributed by atoms with E-state index in [-0.39, 0.29) is 11.3 Å². The molecule has 2 rings (SSSR count). The number of benzene rings is 1. The number of rotatable bonds is 5. The molecule has 0 aliphatic carbocycles. The van der Waals surface area contributed by atoms with Crippen molar-refractivity contribution in [1.82, 2.24) is 0 Å². The summed E-state index contributed by atoms with van der Waals surface area (Å²) in [5.74, 6) is 0. The molecule has 0 radical (unpaired) electrons. The fraction of sp³-hybridized carbons (Fsp3) is 0.467. The van der Waals surface area contributed by atoms with E-state index in [9.17, 15) is 23.3 Å². The first kappa shape index (κ1) is 16.5. The van der Waals surface area contributed by atoms with Crippen molar-refractivity contribution < 1.29 is 22.8 Å². The molecular formula is C15H16F3NO3. The third-order valence-electron chi connectivity index (χ3n) is 3.67. The molecule has 1 aliphatic heterocycles. The number of nitrogens with zero attached hydrogens (tertiary/aromatic N) is 1. The van der Waals surface area contributed by atoms with Crippen LogP contribution in [0.25, 0.3) is 5.57 Å². The lowest BCUT2D eigenvalue weighted by Crippen LogP contribution is -2.34. The van der Waals surface area contributed by atoms with Crippen LogP contribution in [0.4, 0.5) is 18.9 Å². The van der Waals surface area contributed by atoms with Gasteiger partial charge in [-0.3, -0.25) is 10.1 Å². The SMILES string of the molecule is CCC/C=C(\c1ccc([N+](=O)[O-])cc1C)C1(C(F)(F)F)CO1. The third-order valence-corrected chi connectivity index (χ3v) is 3.67. The fourth-order valence-corrected chi connectivity index (χ4v) is 2.39. The lowest BCUT2D eigenvalue weighted by Gasteiger charge is -2.21. The summed E-state index contributed by atoms with van der Waals surface area (Å²) in [6.45, 7) is 3.02. The Morgan fingerprint density at radius 3 is 2.55 bits per heavy atom. The number of allylic oxidation sites excluding steroid dienone is 1. The number of epoxide rings is 1. The molecule has 0 aromatic heterocycles. The highest BCUT2D eigenvalue weighted by molar-refractivity contribution is 5.78. The number of unbranched alkanes of at least 4 members (excludes halogenated alkanes) is 1. The molecule has 7 heteroatoms. The maximum atomic E-state index is 13.3. The van der Waals surface area contributed by atoms with E-state index < -0.39 is 23.3 Å². The second-order valence-corrected chi connectivity index (χ2v) is 5.28. The summed E-state index contributed by atoms with van der Waals surface area (Å²) >= 11 is 0. The number of nitro benzene ring substituents is 1. The molecule has 4 nitrogen and oxygen atoms in total. The minimum atomic E-state index is -4.51. The van der Waals surface area contributed by atoms with Crippen molar-refractivity contribution in [3.63, 3.8) is 0 Å².